The number of rotatable bonds is 7. The zero-order valence-corrected chi connectivity index (χ0v) is 20.8. The molecule has 176 valence electrons. The van der Waals surface area contributed by atoms with Crippen molar-refractivity contribution in [1.29, 1.82) is 0 Å². The number of barbiturate groups is 1. The molecule has 0 aliphatic carbocycles. The van der Waals surface area contributed by atoms with Crippen molar-refractivity contribution in [1.82, 2.24) is 5.32 Å². The molecule has 0 aromatic heterocycles. The maximum atomic E-state index is 13.1. The van der Waals surface area contributed by atoms with Crippen LogP contribution >= 0.6 is 27.5 Å². The van der Waals surface area contributed by atoms with Gasteiger partial charge in [-0.2, -0.15) is 0 Å². The van der Waals surface area contributed by atoms with Gasteiger partial charge in [-0.1, -0.05) is 51.8 Å². The van der Waals surface area contributed by atoms with E-state index < -0.39 is 17.8 Å². The van der Waals surface area contributed by atoms with Crippen LogP contribution in [0.3, 0.4) is 0 Å². The number of carbonyl (C=O) groups is 3. The lowest BCUT2D eigenvalue weighted by Gasteiger charge is -2.26. The van der Waals surface area contributed by atoms with Crippen molar-refractivity contribution in [3.63, 3.8) is 0 Å². The Kier molecular flexibility index (Phi) is 7.48. The van der Waals surface area contributed by atoms with Crippen LogP contribution in [0.15, 0.2) is 89.4 Å². The summed E-state index contributed by atoms with van der Waals surface area (Å²) < 4.78 is 7.00. The second-order valence-electron chi connectivity index (χ2n) is 7.71. The minimum atomic E-state index is -0.816. The Hall–Kier alpha value is -3.68. The van der Waals surface area contributed by atoms with Gasteiger partial charge in [0.25, 0.3) is 11.8 Å². The number of urea groups is 1. The van der Waals surface area contributed by atoms with Crippen molar-refractivity contribution in [2.24, 2.45) is 0 Å². The van der Waals surface area contributed by atoms with Crippen molar-refractivity contribution in [3.8, 4) is 5.75 Å². The summed E-state index contributed by atoms with van der Waals surface area (Å²) in [6, 6.07) is 18.6. The van der Waals surface area contributed by atoms with Gasteiger partial charge in [0.05, 0.1) is 5.69 Å². The summed E-state index contributed by atoms with van der Waals surface area (Å²) in [6.07, 6.45) is 3.73. The Balaban J connectivity index is 1.60. The van der Waals surface area contributed by atoms with Gasteiger partial charge >= 0.3 is 6.03 Å². The van der Waals surface area contributed by atoms with Gasteiger partial charge in [0, 0.05) is 9.50 Å². The molecule has 0 saturated carbocycles. The number of hydrogen-bond donors (Lipinski definition) is 1. The third kappa shape index (κ3) is 5.70. The number of nitrogens with one attached hydrogen (secondary N) is 1. The first-order chi connectivity index (χ1) is 16.9. The van der Waals surface area contributed by atoms with Crippen LogP contribution in [-0.2, 0) is 22.6 Å². The molecule has 0 bridgehead atoms. The van der Waals surface area contributed by atoms with E-state index in [2.05, 4.69) is 27.8 Å². The predicted molar refractivity (Wildman–Crippen MR) is 139 cm³/mol. The molecular weight excluding hydrogens is 532 g/mol. The fraction of sp³-hybridized carbons (Fsp3) is 0.0741. The molecule has 1 aliphatic heterocycles. The zero-order chi connectivity index (χ0) is 24.9. The number of amides is 4. The lowest BCUT2D eigenvalue weighted by Crippen LogP contribution is -2.54. The minimum absolute atomic E-state index is 0.160. The molecular formula is C27H20BrClN2O4. The first kappa shape index (κ1) is 24.4. The maximum Gasteiger partial charge on any atom is 0.335 e. The van der Waals surface area contributed by atoms with Crippen LogP contribution in [-0.4, -0.2) is 17.8 Å². The number of allylic oxidation sites excluding steroid dienone is 1. The summed E-state index contributed by atoms with van der Waals surface area (Å²) in [6.45, 7) is 4.19. The summed E-state index contributed by atoms with van der Waals surface area (Å²) >= 11 is 9.33. The molecule has 1 N–H and O–H groups in total. The second-order valence-corrected chi connectivity index (χ2v) is 9.06. The van der Waals surface area contributed by atoms with Gasteiger partial charge in [-0.15, -0.1) is 6.58 Å². The third-order valence-electron chi connectivity index (χ3n) is 5.25. The average molecular weight is 552 g/mol. The number of nitrogens with zero attached hydrogens (tertiary/aromatic N) is 1. The van der Waals surface area contributed by atoms with Crippen molar-refractivity contribution in [3.05, 3.63) is 111 Å². The van der Waals surface area contributed by atoms with E-state index in [0.717, 1.165) is 20.5 Å². The summed E-state index contributed by atoms with van der Waals surface area (Å²) in [5, 5.41) is 2.68. The summed E-state index contributed by atoms with van der Waals surface area (Å²) in [5.41, 5.74) is 2.62. The molecule has 0 unspecified atom stereocenters. The number of carbonyl (C=O) groups excluding carboxylic acids is 3. The molecule has 35 heavy (non-hydrogen) atoms. The van der Waals surface area contributed by atoms with E-state index in [1.807, 2.05) is 30.3 Å². The van der Waals surface area contributed by atoms with E-state index in [1.54, 1.807) is 30.3 Å². The first-order valence-corrected chi connectivity index (χ1v) is 11.8. The van der Waals surface area contributed by atoms with Gasteiger partial charge in [0.1, 0.15) is 17.9 Å². The van der Waals surface area contributed by atoms with Crippen molar-refractivity contribution < 1.29 is 19.1 Å². The highest BCUT2D eigenvalue weighted by molar-refractivity contribution is 9.10. The summed E-state index contributed by atoms with van der Waals surface area (Å²) in [4.78, 5) is 38.9. The average Bonchev–Trinajstić information content (AvgIpc) is 2.83. The van der Waals surface area contributed by atoms with Gasteiger partial charge in [0.15, 0.2) is 0 Å². The highest BCUT2D eigenvalue weighted by atomic mass is 79.9. The van der Waals surface area contributed by atoms with Crippen LogP contribution in [0.1, 0.15) is 16.7 Å². The van der Waals surface area contributed by atoms with Crippen molar-refractivity contribution >= 4 is 57.1 Å². The first-order valence-electron chi connectivity index (χ1n) is 10.6. The van der Waals surface area contributed by atoms with E-state index >= 15 is 0 Å². The Bertz CT molecular complexity index is 1330. The molecule has 4 rings (SSSR count). The molecule has 3 aromatic carbocycles. The quantitative estimate of drug-likeness (QED) is 0.219. The second kappa shape index (κ2) is 10.7. The zero-order valence-electron chi connectivity index (χ0n) is 18.5. The van der Waals surface area contributed by atoms with Crippen LogP contribution < -0.4 is 15.0 Å². The molecule has 0 radical (unpaired) electrons. The Morgan fingerprint density at radius 3 is 2.40 bits per heavy atom. The van der Waals surface area contributed by atoms with Gasteiger partial charge in [0.2, 0.25) is 0 Å². The molecule has 1 fully saturated rings. The highest BCUT2D eigenvalue weighted by Gasteiger charge is 2.36. The van der Waals surface area contributed by atoms with Crippen LogP contribution in [0, 0.1) is 0 Å². The van der Waals surface area contributed by atoms with E-state index in [0.29, 0.717) is 35.1 Å². The minimum Gasteiger partial charge on any atom is -0.489 e. The smallest absolute Gasteiger partial charge is 0.335 e. The molecule has 1 saturated heterocycles. The number of ether oxygens (including phenoxy) is 1. The standard InChI is InChI=1S/C27H20BrClN2O4/c1-2-3-19-14-18(6-13-24(19)35-16-17-4-7-20(28)8-5-17)15-23-25(32)30-27(34)31(26(23)33)22-11-9-21(29)10-12-22/h2,4-15H,1,3,16H2,(H,30,32,34)/b23-15+. The lowest BCUT2D eigenvalue weighted by molar-refractivity contribution is -0.122. The monoisotopic (exact) mass is 550 g/mol. The van der Waals surface area contributed by atoms with E-state index in [4.69, 9.17) is 16.3 Å². The van der Waals surface area contributed by atoms with Gasteiger partial charge < -0.3 is 4.74 Å². The molecule has 4 amide bonds. The van der Waals surface area contributed by atoms with Crippen LogP contribution in [0.5, 0.6) is 5.75 Å². The SMILES string of the molecule is C=CCc1cc(/C=C2\C(=O)NC(=O)N(c3ccc(Cl)cc3)C2=O)ccc1OCc1ccc(Br)cc1. The van der Waals surface area contributed by atoms with Crippen molar-refractivity contribution in [2.45, 2.75) is 13.0 Å². The van der Waals surface area contributed by atoms with E-state index in [9.17, 15) is 14.4 Å². The van der Waals surface area contributed by atoms with Crippen LogP contribution in [0.2, 0.25) is 5.02 Å². The predicted octanol–water partition coefficient (Wildman–Crippen LogP) is 6.08. The number of benzene rings is 3. The van der Waals surface area contributed by atoms with Gasteiger partial charge in [-0.25, -0.2) is 9.69 Å². The fourth-order valence-electron chi connectivity index (χ4n) is 3.54. The normalized spacial score (nSPS) is 14.7. The van der Waals surface area contributed by atoms with Crippen molar-refractivity contribution in [2.75, 3.05) is 4.90 Å². The molecule has 8 heteroatoms. The summed E-state index contributed by atoms with van der Waals surface area (Å²) in [7, 11) is 0. The van der Waals surface area contributed by atoms with Gasteiger partial charge in [-0.3, -0.25) is 14.9 Å². The molecule has 0 atom stereocenters. The lowest BCUT2D eigenvalue weighted by atomic mass is 10.0. The molecule has 1 heterocycles. The molecule has 6 nitrogen and oxygen atoms in total. The largest absolute Gasteiger partial charge is 0.489 e. The summed E-state index contributed by atoms with van der Waals surface area (Å²) in [5.74, 6) is -0.805. The topological polar surface area (TPSA) is 75.7 Å². The Morgan fingerprint density at radius 2 is 1.71 bits per heavy atom. The van der Waals surface area contributed by atoms with Crippen LogP contribution in [0.4, 0.5) is 10.5 Å². The number of anilines is 1. The maximum absolute atomic E-state index is 13.1. The van der Waals surface area contributed by atoms with Crippen LogP contribution in [0.25, 0.3) is 6.08 Å². The van der Waals surface area contributed by atoms with Gasteiger partial charge in [-0.05, 0) is 77.7 Å². The Labute approximate surface area is 216 Å². The Morgan fingerprint density at radius 1 is 1.00 bits per heavy atom. The number of hydrogen-bond acceptors (Lipinski definition) is 4. The molecule has 0 spiro atoms. The highest BCUT2D eigenvalue weighted by Crippen LogP contribution is 2.27. The van der Waals surface area contributed by atoms with E-state index in [1.165, 1.54) is 18.2 Å². The van der Waals surface area contributed by atoms with E-state index in [-0.39, 0.29) is 5.57 Å². The third-order valence-corrected chi connectivity index (χ3v) is 6.03. The molecule has 3 aromatic rings. The number of halogens is 2. The molecule has 1 aliphatic rings. The fourth-order valence-corrected chi connectivity index (χ4v) is 3.93. The number of imide groups is 2.